The Morgan fingerprint density at radius 3 is 1.97 bits per heavy atom. The predicted octanol–water partition coefficient (Wildman–Crippen LogP) is 1.14. The number of hydrogen-bond acceptors (Lipinski definition) is 6. The third kappa shape index (κ3) is 5.15. The van der Waals surface area contributed by atoms with Gasteiger partial charge in [-0.1, -0.05) is 0 Å². The lowest BCUT2D eigenvalue weighted by molar-refractivity contribution is -0.134. The van der Waals surface area contributed by atoms with Crippen LogP contribution in [-0.4, -0.2) is 71.0 Å². The molecule has 0 atom stereocenters. The van der Waals surface area contributed by atoms with Crippen LogP contribution in [0, 0.1) is 5.82 Å². The number of ether oxygens (including phenoxy) is 1. The molecule has 1 heterocycles. The molecule has 1 aliphatic heterocycles. The number of amides is 1. The third-order valence-corrected chi connectivity index (χ3v) is 7.70. The molecule has 1 saturated heterocycles. The molecular formula is C19H21FN2O6S2. The third-order valence-electron chi connectivity index (χ3n) is 4.66. The molecule has 1 aliphatic rings. The number of carbonyl (C=O) groups is 1. The molecule has 1 amide bonds. The van der Waals surface area contributed by atoms with E-state index in [-0.39, 0.29) is 48.5 Å². The van der Waals surface area contributed by atoms with Crippen molar-refractivity contribution in [1.29, 1.82) is 0 Å². The van der Waals surface area contributed by atoms with Crippen molar-refractivity contribution in [1.82, 2.24) is 9.21 Å². The van der Waals surface area contributed by atoms with Gasteiger partial charge in [-0.25, -0.2) is 21.2 Å². The Morgan fingerprint density at radius 1 is 0.900 bits per heavy atom. The van der Waals surface area contributed by atoms with Gasteiger partial charge in [0.2, 0.25) is 10.0 Å². The SMILES string of the molecule is CS(=O)(=O)c1ccc(OCC(=O)N2CCN(S(=O)(=O)c3ccc(F)cc3)CC2)cc1. The molecule has 2 aromatic carbocycles. The standard InChI is InChI=1S/C19H21FN2O6S2/c1-29(24,25)17-8-4-16(5-9-17)28-14-19(23)21-10-12-22(13-11-21)30(26,27)18-6-2-15(20)3-7-18/h2-9H,10-14H2,1H3. The first-order chi connectivity index (χ1) is 14.1. The molecule has 8 nitrogen and oxygen atoms in total. The van der Waals surface area contributed by atoms with Crippen molar-refractivity contribution in [3.63, 3.8) is 0 Å². The van der Waals surface area contributed by atoms with Gasteiger partial charge in [-0.05, 0) is 48.5 Å². The van der Waals surface area contributed by atoms with Crippen molar-refractivity contribution in [3.05, 3.63) is 54.3 Å². The molecule has 11 heteroatoms. The summed E-state index contributed by atoms with van der Waals surface area (Å²) >= 11 is 0. The maximum absolute atomic E-state index is 13.0. The Kier molecular flexibility index (Phi) is 6.44. The average molecular weight is 457 g/mol. The molecule has 3 rings (SSSR count). The molecule has 0 aromatic heterocycles. The highest BCUT2D eigenvalue weighted by atomic mass is 32.2. The lowest BCUT2D eigenvalue weighted by Crippen LogP contribution is -2.51. The van der Waals surface area contributed by atoms with Gasteiger partial charge in [-0.15, -0.1) is 0 Å². The second-order valence-electron chi connectivity index (χ2n) is 6.77. The number of sulfonamides is 1. The van der Waals surface area contributed by atoms with E-state index in [1.165, 1.54) is 45.6 Å². The number of carbonyl (C=O) groups excluding carboxylic acids is 1. The lowest BCUT2D eigenvalue weighted by Gasteiger charge is -2.34. The first kappa shape index (κ1) is 22.2. The molecule has 162 valence electrons. The fourth-order valence-corrected chi connectivity index (χ4v) is 5.01. The van der Waals surface area contributed by atoms with Crippen LogP contribution in [0.4, 0.5) is 4.39 Å². The fraction of sp³-hybridized carbons (Fsp3) is 0.316. The topological polar surface area (TPSA) is 101 Å². The normalized spacial score (nSPS) is 15.7. The van der Waals surface area contributed by atoms with E-state index in [1.54, 1.807) is 0 Å². The zero-order valence-electron chi connectivity index (χ0n) is 16.2. The number of halogens is 1. The van der Waals surface area contributed by atoms with Crippen molar-refractivity contribution < 1.29 is 30.8 Å². The predicted molar refractivity (Wildman–Crippen MR) is 107 cm³/mol. The highest BCUT2D eigenvalue weighted by Gasteiger charge is 2.30. The van der Waals surface area contributed by atoms with Crippen LogP contribution in [0.15, 0.2) is 58.3 Å². The average Bonchev–Trinajstić information content (AvgIpc) is 2.72. The van der Waals surface area contributed by atoms with E-state index in [1.807, 2.05) is 0 Å². The Labute approximate surface area is 174 Å². The van der Waals surface area contributed by atoms with Gasteiger partial charge in [-0.2, -0.15) is 4.31 Å². The van der Waals surface area contributed by atoms with Crippen LogP contribution in [0.3, 0.4) is 0 Å². The van der Waals surface area contributed by atoms with E-state index >= 15 is 0 Å². The minimum atomic E-state index is -3.75. The van der Waals surface area contributed by atoms with Crippen molar-refractivity contribution >= 4 is 25.8 Å². The van der Waals surface area contributed by atoms with E-state index in [0.717, 1.165) is 18.4 Å². The molecule has 0 spiro atoms. The summed E-state index contributed by atoms with van der Waals surface area (Å²) in [6.07, 6.45) is 1.10. The largest absolute Gasteiger partial charge is 0.484 e. The number of piperazine rings is 1. The van der Waals surface area contributed by atoms with Crippen molar-refractivity contribution in [2.24, 2.45) is 0 Å². The zero-order valence-corrected chi connectivity index (χ0v) is 17.8. The molecule has 0 unspecified atom stereocenters. The summed E-state index contributed by atoms with van der Waals surface area (Å²) in [5.41, 5.74) is 0. The molecule has 2 aromatic rings. The number of nitrogens with zero attached hydrogens (tertiary/aromatic N) is 2. The van der Waals surface area contributed by atoms with Crippen LogP contribution in [0.25, 0.3) is 0 Å². The number of hydrogen-bond donors (Lipinski definition) is 0. The highest BCUT2D eigenvalue weighted by molar-refractivity contribution is 7.90. The molecule has 30 heavy (non-hydrogen) atoms. The maximum atomic E-state index is 13.0. The van der Waals surface area contributed by atoms with Crippen LogP contribution in [-0.2, 0) is 24.7 Å². The minimum Gasteiger partial charge on any atom is -0.484 e. The summed E-state index contributed by atoms with van der Waals surface area (Å²) < 4.78 is 67.8. The molecule has 0 aliphatic carbocycles. The van der Waals surface area contributed by atoms with Gasteiger partial charge in [0.05, 0.1) is 9.79 Å². The Balaban J connectivity index is 1.53. The van der Waals surface area contributed by atoms with Crippen molar-refractivity contribution in [3.8, 4) is 5.75 Å². The second-order valence-corrected chi connectivity index (χ2v) is 10.7. The quantitative estimate of drug-likeness (QED) is 0.646. The van der Waals surface area contributed by atoms with Gasteiger partial charge in [0.25, 0.3) is 5.91 Å². The van der Waals surface area contributed by atoms with Crippen LogP contribution in [0.1, 0.15) is 0 Å². The van der Waals surface area contributed by atoms with Gasteiger partial charge in [0.1, 0.15) is 11.6 Å². The van der Waals surface area contributed by atoms with E-state index < -0.39 is 25.7 Å². The molecule has 0 saturated carbocycles. The summed E-state index contributed by atoms with van der Waals surface area (Å²) in [6.45, 7) is 0.400. The van der Waals surface area contributed by atoms with Gasteiger partial charge in [-0.3, -0.25) is 4.79 Å². The molecule has 0 N–H and O–H groups in total. The monoisotopic (exact) mass is 456 g/mol. The van der Waals surface area contributed by atoms with Crippen LogP contribution < -0.4 is 4.74 Å². The summed E-state index contributed by atoms with van der Waals surface area (Å²) in [4.78, 5) is 14.0. The minimum absolute atomic E-state index is 0.00421. The van der Waals surface area contributed by atoms with E-state index in [9.17, 15) is 26.0 Å². The second kappa shape index (κ2) is 8.70. The Hall–Kier alpha value is -2.50. The van der Waals surface area contributed by atoms with Gasteiger partial charge in [0.15, 0.2) is 16.4 Å². The number of rotatable bonds is 6. The maximum Gasteiger partial charge on any atom is 0.260 e. The summed E-state index contributed by atoms with van der Waals surface area (Å²) in [7, 11) is -7.06. The van der Waals surface area contributed by atoms with Crippen LogP contribution >= 0.6 is 0 Å². The highest BCUT2D eigenvalue weighted by Crippen LogP contribution is 2.19. The van der Waals surface area contributed by atoms with Crippen molar-refractivity contribution in [2.45, 2.75) is 9.79 Å². The van der Waals surface area contributed by atoms with Gasteiger partial charge >= 0.3 is 0 Å². The van der Waals surface area contributed by atoms with Gasteiger partial charge < -0.3 is 9.64 Å². The smallest absolute Gasteiger partial charge is 0.260 e. The number of sulfone groups is 1. The fourth-order valence-electron chi connectivity index (χ4n) is 2.95. The van der Waals surface area contributed by atoms with E-state index in [0.29, 0.717) is 5.75 Å². The molecule has 1 fully saturated rings. The summed E-state index contributed by atoms with van der Waals surface area (Å²) in [5, 5.41) is 0. The molecule has 0 bridgehead atoms. The summed E-state index contributed by atoms with van der Waals surface area (Å²) in [6, 6.07) is 10.3. The van der Waals surface area contributed by atoms with Gasteiger partial charge in [0, 0.05) is 32.4 Å². The van der Waals surface area contributed by atoms with E-state index in [2.05, 4.69) is 0 Å². The summed E-state index contributed by atoms with van der Waals surface area (Å²) in [5.74, 6) is -0.468. The molecular weight excluding hydrogens is 435 g/mol. The lowest BCUT2D eigenvalue weighted by atomic mass is 10.3. The number of benzene rings is 2. The van der Waals surface area contributed by atoms with E-state index in [4.69, 9.17) is 4.74 Å². The van der Waals surface area contributed by atoms with Crippen molar-refractivity contribution in [2.75, 3.05) is 39.0 Å². The Morgan fingerprint density at radius 2 is 1.43 bits per heavy atom. The molecule has 0 radical (unpaired) electrons. The van der Waals surface area contributed by atoms with Crippen LogP contribution in [0.5, 0.6) is 5.75 Å². The Bertz CT molecular complexity index is 1110. The first-order valence-electron chi connectivity index (χ1n) is 9.04. The first-order valence-corrected chi connectivity index (χ1v) is 12.4. The zero-order chi connectivity index (χ0) is 21.9. The van der Waals surface area contributed by atoms with Crippen LogP contribution in [0.2, 0.25) is 0 Å².